The van der Waals surface area contributed by atoms with Crippen LogP contribution in [0.2, 0.25) is 0 Å². The molecule has 2 rings (SSSR count). The number of ether oxygens (including phenoxy) is 1. The molecule has 0 unspecified atom stereocenters. The lowest BCUT2D eigenvalue weighted by Gasteiger charge is -2.06. The van der Waals surface area contributed by atoms with Crippen molar-refractivity contribution in [3.05, 3.63) is 42.0 Å². The fourth-order valence-corrected chi connectivity index (χ4v) is 1.38. The summed E-state index contributed by atoms with van der Waals surface area (Å²) in [6.45, 7) is 0.452. The Morgan fingerprint density at radius 1 is 1.24 bits per heavy atom. The topological polar surface area (TPSA) is 73.1 Å². The Morgan fingerprint density at radius 3 is 2.82 bits per heavy atom. The maximum Gasteiger partial charge on any atom is 0.233 e. The van der Waals surface area contributed by atoms with Crippen LogP contribution in [0.25, 0.3) is 0 Å². The van der Waals surface area contributed by atoms with Crippen molar-refractivity contribution in [1.29, 1.82) is 0 Å². The predicted octanol–water partition coefficient (Wildman–Crippen LogP) is 1.68. The highest BCUT2D eigenvalue weighted by molar-refractivity contribution is 5.44. The molecule has 0 fully saturated rings. The molecule has 0 spiro atoms. The van der Waals surface area contributed by atoms with Crippen LogP contribution in [-0.4, -0.2) is 17.2 Å². The lowest BCUT2D eigenvalue weighted by atomic mass is 10.2. The standard InChI is InChI=1S/C12H14N4O/c1-14-10-4-2-3-9(7-10)8-17-12-6-5-11(13)15-16-12/h2-7,14H,8H2,1H3,(H2,13,15). The van der Waals surface area contributed by atoms with E-state index >= 15 is 0 Å². The largest absolute Gasteiger partial charge is 0.472 e. The molecule has 17 heavy (non-hydrogen) atoms. The summed E-state index contributed by atoms with van der Waals surface area (Å²) in [6.07, 6.45) is 0. The first-order valence-electron chi connectivity index (χ1n) is 5.26. The highest BCUT2D eigenvalue weighted by Gasteiger charge is 1.98. The first-order chi connectivity index (χ1) is 8.28. The van der Waals surface area contributed by atoms with Gasteiger partial charge in [0.25, 0.3) is 0 Å². The second-order valence-electron chi connectivity index (χ2n) is 3.54. The molecule has 2 aromatic rings. The van der Waals surface area contributed by atoms with Gasteiger partial charge in [-0.25, -0.2) is 0 Å². The van der Waals surface area contributed by atoms with Crippen LogP contribution in [0.1, 0.15) is 5.56 Å². The number of nitrogens with one attached hydrogen (secondary N) is 1. The van der Waals surface area contributed by atoms with E-state index in [0.29, 0.717) is 18.3 Å². The third-order valence-electron chi connectivity index (χ3n) is 2.26. The summed E-state index contributed by atoms with van der Waals surface area (Å²) in [6, 6.07) is 11.3. The first-order valence-corrected chi connectivity index (χ1v) is 5.26. The first kappa shape index (κ1) is 11.2. The number of nitrogens with two attached hydrogens (primary N) is 1. The van der Waals surface area contributed by atoms with E-state index in [9.17, 15) is 0 Å². The maximum atomic E-state index is 5.49. The van der Waals surface area contributed by atoms with Gasteiger partial charge in [0.1, 0.15) is 12.4 Å². The quantitative estimate of drug-likeness (QED) is 0.836. The zero-order valence-electron chi connectivity index (χ0n) is 9.55. The number of benzene rings is 1. The molecule has 5 heteroatoms. The van der Waals surface area contributed by atoms with Gasteiger partial charge >= 0.3 is 0 Å². The van der Waals surface area contributed by atoms with E-state index in [-0.39, 0.29) is 0 Å². The Morgan fingerprint density at radius 2 is 2.12 bits per heavy atom. The van der Waals surface area contributed by atoms with Gasteiger partial charge in [0.2, 0.25) is 5.88 Å². The summed E-state index contributed by atoms with van der Waals surface area (Å²) in [5.74, 6) is 0.851. The molecule has 1 heterocycles. The van der Waals surface area contributed by atoms with Crippen LogP contribution in [0, 0.1) is 0 Å². The van der Waals surface area contributed by atoms with Crippen LogP contribution in [-0.2, 0) is 6.61 Å². The normalized spacial score (nSPS) is 9.94. The predicted molar refractivity (Wildman–Crippen MR) is 66.8 cm³/mol. The second kappa shape index (κ2) is 5.16. The number of hydrogen-bond donors (Lipinski definition) is 2. The molecule has 1 aromatic carbocycles. The monoisotopic (exact) mass is 230 g/mol. The van der Waals surface area contributed by atoms with Gasteiger partial charge in [-0.1, -0.05) is 12.1 Å². The van der Waals surface area contributed by atoms with Crippen LogP contribution in [0.5, 0.6) is 5.88 Å². The highest BCUT2D eigenvalue weighted by Crippen LogP contribution is 2.13. The summed E-state index contributed by atoms with van der Waals surface area (Å²) in [5, 5.41) is 10.6. The van der Waals surface area contributed by atoms with E-state index in [1.54, 1.807) is 12.1 Å². The molecule has 3 N–H and O–H groups in total. The maximum absolute atomic E-state index is 5.49. The molecule has 0 aliphatic carbocycles. The molecule has 0 aliphatic rings. The minimum Gasteiger partial charge on any atom is -0.472 e. The van der Waals surface area contributed by atoms with Crippen molar-refractivity contribution in [3.63, 3.8) is 0 Å². The number of nitrogen functional groups attached to an aromatic ring is 1. The van der Waals surface area contributed by atoms with Gasteiger partial charge in [0.15, 0.2) is 0 Å². The van der Waals surface area contributed by atoms with E-state index in [2.05, 4.69) is 15.5 Å². The van der Waals surface area contributed by atoms with Crippen LogP contribution in [0.4, 0.5) is 11.5 Å². The number of anilines is 2. The van der Waals surface area contributed by atoms with Gasteiger partial charge in [0.05, 0.1) is 0 Å². The molecular weight excluding hydrogens is 216 g/mol. The molecule has 0 bridgehead atoms. The van der Waals surface area contributed by atoms with Crippen molar-refractivity contribution in [1.82, 2.24) is 10.2 Å². The van der Waals surface area contributed by atoms with Gasteiger partial charge in [0, 0.05) is 18.8 Å². The summed E-state index contributed by atoms with van der Waals surface area (Å²) in [5.41, 5.74) is 7.55. The molecule has 0 aliphatic heterocycles. The van der Waals surface area contributed by atoms with E-state index in [1.165, 1.54) is 0 Å². The molecule has 0 saturated carbocycles. The third kappa shape index (κ3) is 3.07. The summed E-state index contributed by atoms with van der Waals surface area (Å²) in [4.78, 5) is 0. The van der Waals surface area contributed by atoms with Crippen molar-refractivity contribution < 1.29 is 4.74 Å². The Bertz CT molecular complexity index is 484. The molecular formula is C12H14N4O. The lowest BCUT2D eigenvalue weighted by Crippen LogP contribution is -2.00. The van der Waals surface area contributed by atoms with E-state index in [0.717, 1.165) is 11.3 Å². The van der Waals surface area contributed by atoms with Gasteiger partial charge in [-0.3, -0.25) is 0 Å². The Balaban J connectivity index is 1.99. The molecule has 0 atom stereocenters. The smallest absolute Gasteiger partial charge is 0.233 e. The lowest BCUT2D eigenvalue weighted by molar-refractivity contribution is 0.290. The van der Waals surface area contributed by atoms with Crippen molar-refractivity contribution in [3.8, 4) is 5.88 Å². The van der Waals surface area contributed by atoms with Crippen LogP contribution in [0.3, 0.4) is 0 Å². The van der Waals surface area contributed by atoms with E-state index < -0.39 is 0 Å². The van der Waals surface area contributed by atoms with Gasteiger partial charge < -0.3 is 15.8 Å². The summed E-state index contributed by atoms with van der Waals surface area (Å²) >= 11 is 0. The number of hydrogen-bond acceptors (Lipinski definition) is 5. The molecule has 88 valence electrons. The SMILES string of the molecule is CNc1cccc(COc2ccc(N)nn2)c1. The van der Waals surface area contributed by atoms with E-state index in [1.807, 2.05) is 31.3 Å². The second-order valence-corrected chi connectivity index (χ2v) is 3.54. The van der Waals surface area contributed by atoms with Crippen molar-refractivity contribution >= 4 is 11.5 Å². The number of aromatic nitrogens is 2. The minimum atomic E-state index is 0.384. The fraction of sp³-hybridized carbons (Fsp3) is 0.167. The summed E-state index contributed by atoms with van der Waals surface area (Å²) < 4.78 is 5.49. The minimum absolute atomic E-state index is 0.384. The average Bonchev–Trinajstić information content (AvgIpc) is 2.38. The van der Waals surface area contributed by atoms with Crippen LogP contribution in [0.15, 0.2) is 36.4 Å². The van der Waals surface area contributed by atoms with Crippen molar-refractivity contribution in [2.24, 2.45) is 0 Å². The molecule has 5 nitrogen and oxygen atoms in total. The van der Waals surface area contributed by atoms with Gasteiger partial charge in [-0.2, -0.15) is 0 Å². The fourth-order valence-electron chi connectivity index (χ4n) is 1.38. The Labute approximate surface area is 99.6 Å². The molecule has 0 amide bonds. The Kier molecular flexibility index (Phi) is 3.40. The Hall–Kier alpha value is -2.30. The van der Waals surface area contributed by atoms with Gasteiger partial charge in [-0.15, -0.1) is 10.2 Å². The van der Waals surface area contributed by atoms with E-state index in [4.69, 9.17) is 10.5 Å². The molecule has 0 saturated heterocycles. The number of nitrogens with zero attached hydrogens (tertiary/aromatic N) is 2. The zero-order valence-corrected chi connectivity index (χ0v) is 9.55. The average molecular weight is 230 g/mol. The zero-order chi connectivity index (χ0) is 12.1. The summed E-state index contributed by atoms with van der Waals surface area (Å²) in [7, 11) is 1.88. The van der Waals surface area contributed by atoms with Gasteiger partial charge in [-0.05, 0) is 23.8 Å². The molecule has 0 radical (unpaired) electrons. The third-order valence-corrected chi connectivity index (χ3v) is 2.26. The molecule has 1 aromatic heterocycles. The number of rotatable bonds is 4. The van der Waals surface area contributed by atoms with Crippen LogP contribution < -0.4 is 15.8 Å². The highest BCUT2D eigenvalue weighted by atomic mass is 16.5. The van der Waals surface area contributed by atoms with Crippen molar-refractivity contribution in [2.75, 3.05) is 18.1 Å². The van der Waals surface area contributed by atoms with Crippen molar-refractivity contribution in [2.45, 2.75) is 6.61 Å². The van der Waals surface area contributed by atoms with Crippen LogP contribution >= 0.6 is 0 Å².